The number of rotatable bonds is 8. The molecular weight excluding hydrogens is 412 g/mol. The van der Waals surface area contributed by atoms with Gasteiger partial charge in [0.05, 0.1) is 0 Å². The number of ether oxygens (including phenoxy) is 1. The summed E-state index contributed by atoms with van der Waals surface area (Å²) in [5.41, 5.74) is 2.63. The zero-order chi connectivity index (χ0) is 23.2. The number of halogens is 1. The minimum atomic E-state index is -0.606. The standard InChI is InChI=1S/C25H33ClN2O3/c1-7-22(24(30)27-25(4,5)6)28(15-19-8-10-20(26)11-9-19)23(29)16-31-21-13-17(2)12-18(3)14-21/h8-14,22H,7,15-16H2,1-6H3,(H,27,30). The molecule has 0 radical (unpaired) electrons. The number of nitrogens with one attached hydrogen (secondary N) is 1. The van der Waals surface area contributed by atoms with Crippen LogP contribution in [0.3, 0.4) is 0 Å². The third kappa shape index (κ3) is 7.91. The van der Waals surface area contributed by atoms with Crippen molar-refractivity contribution in [2.24, 2.45) is 0 Å². The topological polar surface area (TPSA) is 58.6 Å². The van der Waals surface area contributed by atoms with Crippen LogP contribution in [0.1, 0.15) is 50.8 Å². The van der Waals surface area contributed by atoms with Crippen LogP contribution in [-0.2, 0) is 16.1 Å². The molecule has 0 aliphatic rings. The maximum atomic E-state index is 13.2. The van der Waals surface area contributed by atoms with Gasteiger partial charge in [0.1, 0.15) is 11.8 Å². The smallest absolute Gasteiger partial charge is 0.261 e. The SMILES string of the molecule is CCC(C(=O)NC(C)(C)C)N(Cc1ccc(Cl)cc1)C(=O)COc1cc(C)cc(C)c1. The Balaban J connectivity index is 2.24. The van der Waals surface area contributed by atoms with Gasteiger partial charge in [-0.1, -0.05) is 36.7 Å². The number of aryl methyl sites for hydroxylation is 2. The maximum absolute atomic E-state index is 13.2. The quantitative estimate of drug-likeness (QED) is 0.619. The van der Waals surface area contributed by atoms with Crippen LogP contribution in [0.2, 0.25) is 5.02 Å². The van der Waals surface area contributed by atoms with Crippen molar-refractivity contribution in [3.8, 4) is 5.75 Å². The Kier molecular flexibility index (Phi) is 8.52. The van der Waals surface area contributed by atoms with E-state index in [-0.39, 0.29) is 18.4 Å². The van der Waals surface area contributed by atoms with E-state index in [1.807, 2.05) is 71.9 Å². The van der Waals surface area contributed by atoms with Gasteiger partial charge in [0.15, 0.2) is 6.61 Å². The van der Waals surface area contributed by atoms with Gasteiger partial charge in [-0.3, -0.25) is 9.59 Å². The fourth-order valence-corrected chi connectivity index (χ4v) is 3.53. The lowest BCUT2D eigenvalue weighted by molar-refractivity contribution is -0.143. The highest BCUT2D eigenvalue weighted by Crippen LogP contribution is 2.19. The van der Waals surface area contributed by atoms with E-state index in [0.717, 1.165) is 16.7 Å². The van der Waals surface area contributed by atoms with Crippen LogP contribution in [0.5, 0.6) is 5.75 Å². The van der Waals surface area contributed by atoms with Crippen LogP contribution in [-0.4, -0.2) is 34.9 Å². The molecule has 2 aromatic rings. The first-order valence-corrected chi connectivity index (χ1v) is 10.9. The summed E-state index contributed by atoms with van der Waals surface area (Å²) in [6.07, 6.45) is 0.491. The summed E-state index contributed by atoms with van der Waals surface area (Å²) in [5, 5.41) is 3.62. The van der Waals surface area contributed by atoms with Crippen molar-refractivity contribution in [3.63, 3.8) is 0 Å². The second kappa shape index (κ2) is 10.7. The summed E-state index contributed by atoms with van der Waals surface area (Å²) in [5.74, 6) is 0.221. The van der Waals surface area contributed by atoms with Gasteiger partial charge < -0.3 is 15.0 Å². The van der Waals surface area contributed by atoms with Gasteiger partial charge in [-0.25, -0.2) is 0 Å². The van der Waals surface area contributed by atoms with Gasteiger partial charge in [-0.05, 0) is 82.0 Å². The summed E-state index contributed by atoms with van der Waals surface area (Å²) >= 11 is 6.00. The molecule has 0 heterocycles. The number of nitrogens with zero attached hydrogens (tertiary/aromatic N) is 1. The van der Waals surface area contributed by atoms with E-state index in [0.29, 0.717) is 23.7 Å². The Labute approximate surface area is 190 Å². The van der Waals surface area contributed by atoms with Crippen molar-refractivity contribution in [2.45, 2.75) is 66.1 Å². The molecule has 6 heteroatoms. The lowest BCUT2D eigenvalue weighted by atomic mass is 10.1. The van der Waals surface area contributed by atoms with E-state index < -0.39 is 11.6 Å². The highest BCUT2D eigenvalue weighted by atomic mass is 35.5. The first-order valence-electron chi connectivity index (χ1n) is 10.6. The van der Waals surface area contributed by atoms with Gasteiger partial charge in [0.2, 0.25) is 5.91 Å². The molecule has 0 aromatic heterocycles. The van der Waals surface area contributed by atoms with E-state index in [1.54, 1.807) is 17.0 Å². The molecule has 0 saturated carbocycles. The molecule has 0 saturated heterocycles. The number of amides is 2. The molecule has 0 aliphatic carbocycles. The number of hydrogen-bond donors (Lipinski definition) is 1. The predicted molar refractivity (Wildman–Crippen MR) is 125 cm³/mol. The van der Waals surface area contributed by atoms with Gasteiger partial charge in [0.25, 0.3) is 5.91 Å². The minimum Gasteiger partial charge on any atom is -0.484 e. The molecule has 1 atom stereocenters. The Morgan fingerprint density at radius 3 is 2.16 bits per heavy atom. The van der Waals surface area contributed by atoms with Crippen LogP contribution < -0.4 is 10.1 Å². The third-order valence-corrected chi connectivity index (χ3v) is 4.96. The summed E-state index contributed by atoms with van der Waals surface area (Å²) in [6, 6.07) is 12.5. The van der Waals surface area contributed by atoms with Gasteiger partial charge >= 0.3 is 0 Å². The van der Waals surface area contributed by atoms with E-state index >= 15 is 0 Å². The van der Waals surface area contributed by atoms with Crippen LogP contribution >= 0.6 is 11.6 Å². The second-order valence-corrected chi connectivity index (χ2v) is 9.36. The number of hydrogen-bond acceptors (Lipinski definition) is 3. The first kappa shape index (κ1) is 24.7. The van der Waals surface area contributed by atoms with E-state index in [9.17, 15) is 9.59 Å². The second-order valence-electron chi connectivity index (χ2n) is 8.92. The molecule has 0 spiro atoms. The van der Waals surface area contributed by atoms with Crippen LogP contribution in [0.4, 0.5) is 0 Å². The van der Waals surface area contributed by atoms with Crippen LogP contribution in [0.25, 0.3) is 0 Å². The molecule has 2 aromatic carbocycles. The third-order valence-electron chi connectivity index (χ3n) is 4.71. The normalized spacial score (nSPS) is 12.2. The van der Waals surface area contributed by atoms with Crippen molar-refractivity contribution >= 4 is 23.4 Å². The zero-order valence-corrected chi connectivity index (χ0v) is 20.0. The average molecular weight is 445 g/mol. The van der Waals surface area contributed by atoms with Crippen molar-refractivity contribution in [1.82, 2.24) is 10.2 Å². The number of benzene rings is 2. The highest BCUT2D eigenvalue weighted by molar-refractivity contribution is 6.30. The Morgan fingerprint density at radius 2 is 1.65 bits per heavy atom. The van der Waals surface area contributed by atoms with Gasteiger partial charge in [-0.15, -0.1) is 0 Å². The van der Waals surface area contributed by atoms with E-state index in [2.05, 4.69) is 5.32 Å². The lowest BCUT2D eigenvalue weighted by Gasteiger charge is -2.33. The minimum absolute atomic E-state index is 0.143. The van der Waals surface area contributed by atoms with Crippen molar-refractivity contribution in [2.75, 3.05) is 6.61 Å². The molecular formula is C25H33ClN2O3. The van der Waals surface area contributed by atoms with E-state index in [4.69, 9.17) is 16.3 Å². The Morgan fingerprint density at radius 1 is 1.06 bits per heavy atom. The summed E-state index contributed by atoms with van der Waals surface area (Å²) < 4.78 is 5.80. The van der Waals surface area contributed by atoms with Crippen molar-refractivity contribution in [1.29, 1.82) is 0 Å². The fourth-order valence-electron chi connectivity index (χ4n) is 3.40. The molecule has 0 aliphatic heterocycles. The van der Waals surface area contributed by atoms with Gasteiger partial charge in [-0.2, -0.15) is 0 Å². The molecule has 1 unspecified atom stereocenters. The first-order chi connectivity index (χ1) is 14.5. The van der Waals surface area contributed by atoms with E-state index in [1.165, 1.54) is 0 Å². The number of carbonyl (C=O) groups is 2. The molecule has 31 heavy (non-hydrogen) atoms. The van der Waals surface area contributed by atoms with Gasteiger partial charge in [0, 0.05) is 17.1 Å². The summed E-state index contributed by atoms with van der Waals surface area (Å²) in [7, 11) is 0. The molecule has 2 amide bonds. The summed E-state index contributed by atoms with van der Waals surface area (Å²) in [4.78, 5) is 27.8. The molecule has 2 rings (SSSR count). The van der Waals surface area contributed by atoms with Crippen LogP contribution in [0, 0.1) is 13.8 Å². The van der Waals surface area contributed by atoms with Crippen molar-refractivity contribution < 1.29 is 14.3 Å². The molecule has 168 valence electrons. The predicted octanol–water partition coefficient (Wildman–Crippen LogP) is 5.06. The number of carbonyl (C=O) groups excluding carboxylic acids is 2. The average Bonchev–Trinajstić information content (AvgIpc) is 2.65. The van der Waals surface area contributed by atoms with Crippen molar-refractivity contribution in [3.05, 3.63) is 64.2 Å². The highest BCUT2D eigenvalue weighted by Gasteiger charge is 2.30. The lowest BCUT2D eigenvalue weighted by Crippen LogP contribution is -2.54. The van der Waals surface area contributed by atoms with Crippen LogP contribution in [0.15, 0.2) is 42.5 Å². The molecule has 0 bridgehead atoms. The summed E-state index contributed by atoms with van der Waals surface area (Å²) in [6.45, 7) is 11.8. The Hall–Kier alpha value is -2.53. The monoisotopic (exact) mass is 444 g/mol. The fraction of sp³-hybridized carbons (Fsp3) is 0.440. The largest absolute Gasteiger partial charge is 0.484 e. The molecule has 1 N–H and O–H groups in total. The zero-order valence-electron chi connectivity index (χ0n) is 19.3. The Bertz CT molecular complexity index is 884. The molecule has 5 nitrogen and oxygen atoms in total. The molecule has 0 fully saturated rings. The maximum Gasteiger partial charge on any atom is 0.261 e.